The third kappa shape index (κ3) is 3.43. The molecule has 190 valence electrons. The Labute approximate surface area is 240 Å². The summed E-state index contributed by atoms with van der Waals surface area (Å²) < 4.78 is 2.66. The summed E-state index contributed by atoms with van der Waals surface area (Å²) in [7, 11) is 0. The van der Waals surface area contributed by atoms with Crippen molar-refractivity contribution in [3.8, 4) is 22.5 Å². The number of para-hydroxylation sites is 2. The van der Waals surface area contributed by atoms with Gasteiger partial charge in [-0.15, -0.1) is 11.3 Å². The Morgan fingerprint density at radius 3 is 1.66 bits per heavy atom. The van der Waals surface area contributed by atoms with Crippen LogP contribution in [0.25, 0.3) is 86.0 Å². The van der Waals surface area contributed by atoms with Gasteiger partial charge in [0.1, 0.15) is 0 Å². The van der Waals surface area contributed by atoms with E-state index in [2.05, 4.69) is 103 Å². The SMILES string of the molecule is c1ccc(-c2nc3ccccc3nc2-c2ccc3c(c2)c2ccccc2c2cc4c(cc32)sc2ccccc24)cc1. The quantitative estimate of drug-likeness (QED) is 0.205. The van der Waals surface area contributed by atoms with Gasteiger partial charge >= 0.3 is 0 Å². The maximum absolute atomic E-state index is 5.18. The van der Waals surface area contributed by atoms with E-state index in [-0.39, 0.29) is 0 Å². The normalized spacial score (nSPS) is 11.9. The van der Waals surface area contributed by atoms with Crippen LogP contribution in [0.4, 0.5) is 0 Å². The summed E-state index contributed by atoms with van der Waals surface area (Å²) in [6, 6.07) is 47.7. The van der Waals surface area contributed by atoms with Crippen LogP contribution in [-0.2, 0) is 0 Å². The zero-order chi connectivity index (χ0) is 26.9. The van der Waals surface area contributed by atoms with Crippen LogP contribution in [0.2, 0.25) is 0 Å². The zero-order valence-electron chi connectivity index (χ0n) is 22.0. The molecule has 0 amide bonds. The molecule has 0 unspecified atom stereocenters. The van der Waals surface area contributed by atoms with Gasteiger partial charge in [-0.05, 0) is 68.7 Å². The molecule has 0 bridgehead atoms. The number of thiophene rings is 1. The van der Waals surface area contributed by atoms with Crippen molar-refractivity contribution >= 4 is 74.9 Å². The number of aromatic nitrogens is 2. The highest BCUT2D eigenvalue weighted by Gasteiger charge is 2.17. The van der Waals surface area contributed by atoms with Crippen molar-refractivity contribution < 1.29 is 0 Å². The number of rotatable bonds is 2. The van der Waals surface area contributed by atoms with Gasteiger partial charge < -0.3 is 0 Å². The Morgan fingerprint density at radius 2 is 0.902 bits per heavy atom. The first-order valence-electron chi connectivity index (χ1n) is 13.8. The topological polar surface area (TPSA) is 25.8 Å². The molecule has 0 aliphatic carbocycles. The smallest absolute Gasteiger partial charge is 0.0973 e. The molecule has 0 fully saturated rings. The molecule has 3 heteroatoms. The average molecular weight is 539 g/mol. The second-order valence-corrected chi connectivity index (χ2v) is 11.7. The molecule has 0 radical (unpaired) electrons. The molecule has 0 spiro atoms. The molecule has 9 aromatic rings. The minimum absolute atomic E-state index is 0.901. The predicted molar refractivity (Wildman–Crippen MR) is 176 cm³/mol. The van der Waals surface area contributed by atoms with Gasteiger partial charge in [0.25, 0.3) is 0 Å². The Morgan fingerprint density at radius 1 is 0.341 bits per heavy atom. The molecule has 0 N–H and O–H groups in total. The maximum atomic E-state index is 5.18. The molecule has 7 aromatic carbocycles. The Hall–Kier alpha value is -5.12. The van der Waals surface area contributed by atoms with Crippen molar-refractivity contribution in [1.82, 2.24) is 9.97 Å². The van der Waals surface area contributed by atoms with Crippen LogP contribution in [0.15, 0.2) is 133 Å². The first kappa shape index (κ1) is 22.7. The number of hydrogen-bond acceptors (Lipinski definition) is 3. The van der Waals surface area contributed by atoms with E-state index in [9.17, 15) is 0 Å². The molecule has 0 aliphatic rings. The van der Waals surface area contributed by atoms with Crippen molar-refractivity contribution in [3.05, 3.63) is 133 Å². The Balaban J connectivity index is 1.38. The molecule has 2 nitrogen and oxygen atoms in total. The molecule has 2 aromatic heterocycles. The molecule has 0 saturated carbocycles. The third-order valence-corrected chi connectivity index (χ3v) is 9.36. The predicted octanol–water partition coefficient (Wildman–Crippen LogP) is 10.8. The highest BCUT2D eigenvalue weighted by molar-refractivity contribution is 7.25. The summed E-state index contributed by atoms with van der Waals surface area (Å²) in [5.41, 5.74) is 5.75. The summed E-state index contributed by atoms with van der Waals surface area (Å²) in [4.78, 5) is 10.3. The summed E-state index contributed by atoms with van der Waals surface area (Å²) in [6.45, 7) is 0. The lowest BCUT2D eigenvalue weighted by Gasteiger charge is -2.14. The lowest BCUT2D eigenvalue weighted by molar-refractivity contribution is 1.29. The molecule has 2 heterocycles. The molecule has 0 aliphatic heterocycles. The number of nitrogens with zero attached hydrogens (tertiary/aromatic N) is 2. The molecule has 41 heavy (non-hydrogen) atoms. The van der Waals surface area contributed by atoms with E-state index in [0.717, 1.165) is 33.5 Å². The van der Waals surface area contributed by atoms with Crippen LogP contribution in [0, 0.1) is 0 Å². The van der Waals surface area contributed by atoms with Gasteiger partial charge in [0, 0.05) is 31.3 Å². The number of hydrogen-bond donors (Lipinski definition) is 0. The Bertz CT molecular complexity index is 2470. The summed E-state index contributed by atoms with van der Waals surface area (Å²) in [5, 5.41) is 10.3. The van der Waals surface area contributed by atoms with Crippen LogP contribution in [0.5, 0.6) is 0 Å². The largest absolute Gasteiger partial charge is 0.244 e. The highest BCUT2D eigenvalue weighted by Crippen LogP contribution is 2.43. The monoisotopic (exact) mass is 538 g/mol. The molecule has 9 rings (SSSR count). The lowest BCUT2D eigenvalue weighted by Crippen LogP contribution is -1.95. The van der Waals surface area contributed by atoms with E-state index in [4.69, 9.17) is 9.97 Å². The van der Waals surface area contributed by atoms with Crippen molar-refractivity contribution in [2.75, 3.05) is 0 Å². The van der Waals surface area contributed by atoms with Gasteiger partial charge in [0.2, 0.25) is 0 Å². The summed E-state index contributed by atoms with van der Waals surface area (Å²) >= 11 is 1.87. The van der Waals surface area contributed by atoms with E-state index in [1.54, 1.807) is 0 Å². The molecule has 0 atom stereocenters. The van der Waals surface area contributed by atoms with E-state index >= 15 is 0 Å². The molecular weight excluding hydrogens is 516 g/mol. The van der Waals surface area contributed by atoms with Gasteiger partial charge in [-0.25, -0.2) is 9.97 Å². The average Bonchev–Trinajstić information content (AvgIpc) is 3.41. The number of benzene rings is 7. The standard InChI is InChI=1S/C38H22N2S/c1-2-10-23(11-3-1)37-38(40-34-16-8-7-15-33(34)39-37)24-18-19-27-29(20-24)25-12-4-5-13-26(25)30-21-32-28-14-6-9-17-35(28)41-36(32)22-31(27)30/h1-22H. The summed E-state index contributed by atoms with van der Waals surface area (Å²) in [6.07, 6.45) is 0. The van der Waals surface area contributed by atoms with Gasteiger partial charge in [0.15, 0.2) is 0 Å². The first-order chi connectivity index (χ1) is 20.3. The minimum Gasteiger partial charge on any atom is -0.244 e. The lowest BCUT2D eigenvalue weighted by atomic mass is 9.91. The van der Waals surface area contributed by atoms with Gasteiger partial charge in [-0.3, -0.25) is 0 Å². The fourth-order valence-electron chi connectivity index (χ4n) is 6.32. The van der Waals surface area contributed by atoms with E-state index in [1.807, 2.05) is 41.7 Å². The highest BCUT2D eigenvalue weighted by atomic mass is 32.1. The van der Waals surface area contributed by atoms with Crippen molar-refractivity contribution in [1.29, 1.82) is 0 Å². The van der Waals surface area contributed by atoms with Gasteiger partial charge in [-0.1, -0.05) is 97.1 Å². The van der Waals surface area contributed by atoms with Gasteiger partial charge in [0.05, 0.1) is 22.4 Å². The number of fused-ring (bicyclic) bond motifs is 10. The molecule has 0 saturated heterocycles. The van der Waals surface area contributed by atoms with Crippen molar-refractivity contribution in [2.45, 2.75) is 0 Å². The van der Waals surface area contributed by atoms with Crippen LogP contribution < -0.4 is 0 Å². The minimum atomic E-state index is 0.901. The first-order valence-corrected chi connectivity index (χ1v) is 14.7. The van der Waals surface area contributed by atoms with Crippen LogP contribution in [0.3, 0.4) is 0 Å². The zero-order valence-corrected chi connectivity index (χ0v) is 22.8. The van der Waals surface area contributed by atoms with E-state index < -0.39 is 0 Å². The van der Waals surface area contributed by atoms with E-state index in [0.29, 0.717) is 0 Å². The van der Waals surface area contributed by atoms with Crippen LogP contribution in [0.1, 0.15) is 0 Å². The summed E-state index contributed by atoms with van der Waals surface area (Å²) in [5.74, 6) is 0. The second-order valence-electron chi connectivity index (χ2n) is 10.6. The third-order valence-electron chi connectivity index (χ3n) is 8.23. The maximum Gasteiger partial charge on any atom is 0.0973 e. The van der Waals surface area contributed by atoms with E-state index in [1.165, 1.54) is 52.5 Å². The van der Waals surface area contributed by atoms with Crippen molar-refractivity contribution in [3.63, 3.8) is 0 Å². The second kappa shape index (κ2) is 8.69. The fourth-order valence-corrected chi connectivity index (χ4v) is 7.44. The van der Waals surface area contributed by atoms with Crippen LogP contribution >= 0.6 is 11.3 Å². The van der Waals surface area contributed by atoms with Crippen LogP contribution in [-0.4, -0.2) is 9.97 Å². The Kier molecular flexibility index (Phi) is 4.80. The molecular formula is C38H22N2S. The van der Waals surface area contributed by atoms with Gasteiger partial charge in [-0.2, -0.15) is 0 Å². The van der Waals surface area contributed by atoms with Crippen molar-refractivity contribution in [2.24, 2.45) is 0 Å². The fraction of sp³-hybridized carbons (Fsp3) is 0.